The van der Waals surface area contributed by atoms with Crippen molar-refractivity contribution in [2.45, 2.75) is 46.1 Å². The Labute approximate surface area is 190 Å². The molecule has 6 heteroatoms. The highest BCUT2D eigenvalue weighted by atomic mass is 16.2. The van der Waals surface area contributed by atoms with Crippen LogP contribution >= 0.6 is 0 Å². The minimum Gasteiger partial charge on any atom is -0.338 e. The van der Waals surface area contributed by atoms with Crippen molar-refractivity contribution in [3.8, 4) is 0 Å². The highest BCUT2D eigenvalue weighted by Gasteiger charge is 2.30. The van der Waals surface area contributed by atoms with Crippen LogP contribution in [0.15, 0.2) is 54.6 Å². The summed E-state index contributed by atoms with van der Waals surface area (Å²) in [4.78, 5) is 41.7. The third-order valence-electron chi connectivity index (χ3n) is 5.86. The highest BCUT2D eigenvalue weighted by Crippen LogP contribution is 2.22. The minimum atomic E-state index is -0.101. The quantitative estimate of drug-likeness (QED) is 0.699. The summed E-state index contributed by atoms with van der Waals surface area (Å²) >= 11 is 0. The van der Waals surface area contributed by atoms with Crippen molar-refractivity contribution in [3.63, 3.8) is 0 Å². The number of piperidine rings is 1. The lowest BCUT2D eigenvalue weighted by atomic mass is 10.0. The topological polar surface area (TPSA) is 69.7 Å². The van der Waals surface area contributed by atoms with Gasteiger partial charge in [0.1, 0.15) is 0 Å². The van der Waals surface area contributed by atoms with Crippen molar-refractivity contribution >= 4 is 23.4 Å². The normalized spacial score (nSPS) is 14.3. The summed E-state index contributed by atoms with van der Waals surface area (Å²) in [6.07, 6.45) is 2.41. The van der Waals surface area contributed by atoms with Crippen LogP contribution in [0.4, 0.5) is 5.69 Å². The largest absolute Gasteiger partial charge is 0.338 e. The van der Waals surface area contributed by atoms with Crippen LogP contribution < -0.4 is 5.32 Å². The molecule has 1 N–H and O–H groups in total. The molecule has 0 bridgehead atoms. The fraction of sp³-hybridized carbons (Fsp3) is 0.423. The van der Waals surface area contributed by atoms with E-state index in [1.165, 1.54) is 0 Å². The molecule has 0 unspecified atom stereocenters. The molecule has 0 aromatic heterocycles. The number of hydrogen-bond donors (Lipinski definition) is 1. The molecule has 0 atom stereocenters. The molecular weight excluding hydrogens is 402 g/mol. The van der Waals surface area contributed by atoms with Gasteiger partial charge in [0.2, 0.25) is 5.91 Å². The lowest BCUT2D eigenvalue weighted by Gasteiger charge is -2.38. The van der Waals surface area contributed by atoms with Gasteiger partial charge in [-0.1, -0.05) is 39.0 Å². The van der Waals surface area contributed by atoms with E-state index in [4.69, 9.17) is 0 Å². The summed E-state index contributed by atoms with van der Waals surface area (Å²) in [6.45, 7) is 7.72. The Hall–Kier alpha value is -3.15. The molecule has 2 aromatic rings. The van der Waals surface area contributed by atoms with Gasteiger partial charge in [0, 0.05) is 48.4 Å². The average molecular weight is 436 g/mol. The molecule has 1 aliphatic rings. The van der Waals surface area contributed by atoms with Gasteiger partial charge < -0.3 is 15.1 Å². The van der Waals surface area contributed by atoms with Crippen LogP contribution in [0.3, 0.4) is 0 Å². The first-order chi connectivity index (χ1) is 15.4. The third-order valence-corrected chi connectivity index (χ3v) is 5.86. The van der Waals surface area contributed by atoms with E-state index < -0.39 is 0 Å². The van der Waals surface area contributed by atoms with E-state index in [0.717, 1.165) is 19.3 Å². The first-order valence-electron chi connectivity index (χ1n) is 11.5. The van der Waals surface area contributed by atoms with Crippen molar-refractivity contribution in [3.05, 3.63) is 65.7 Å². The number of amides is 3. The van der Waals surface area contributed by atoms with Crippen LogP contribution in [-0.4, -0.2) is 53.2 Å². The fourth-order valence-electron chi connectivity index (χ4n) is 3.98. The van der Waals surface area contributed by atoms with Gasteiger partial charge in [0.25, 0.3) is 11.8 Å². The van der Waals surface area contributed by atoms with E-state index in [-0.39, 0.29) is 29.7 Å². The monoisotopic (exact) mass is 435 g/mol. The number of benzene rings is 2. The van der Waals surface area contributed by atoms with Crippen LogP contribution in [-0.2, 0) is 4.79 Å². The summed E-state index contributed by atoms with van der Waals surface area (Å²) in [6, 6.07) is 16.6. The molecule has 3 rings (SSSR count). The van der Waals surface area contributed by atoms with Gasteiger partial charge in [-0.25, -0.2) is 0 Å². The second kappa shape index (κ2) is 10.9. The van der Waals surface area contributed by atoms with Crippen LogP contribution in [0.2, 0.25) is 0 Å². The molecule has 0 saturated carbocycles. The number of likely N-dealkylation sites (tertiary alicyclic amines) is 1. The van der Waals surface area contributed by atoms with Gasteiger partial charge in [-0.05, 0) is 55.7 Å². The highest BCUT2D eigenvalue weighted by molar-refractivity contribution is 5.96. The molecule has 0 spiro atoms. The maximum Gasteiger partial charge on any atom is 0.254 e. The molecule has 3 amide bonds. The summed E-state index contributed by atoms with van der Waals surface area (Å²) in [5.41, 5.74) is 2.01. The number of nitrogens with zero attached hydrogens (tertiary/aromatic N) is 2. The first-order valence-corrected chi connectivity index (χ1v) is 11.5. The van der Waals surface area contributed by atoms with E-state index in [0.29, 0.717) is 36.4 Å². The molecule has 0 aliphatic carbocycles. The zero-order valence-electron chi connectivity index (χ0n) is 19.2. The molecular formula is C26H33N3O3. The Morgan fingerprint density at radius 1 is 0.969 bits per heavy atom. The second-order valence-electron chi connectivity index (χ2n) is 8.61. The summed E-state index contributed by atoms with van der Waals surface area (Å²) in [7, 11) is 0. The number of carbonyl (C=O) groups excluding carboxylic acids is 3. The van der Waals surface area contributed by atoms with Crippen molar-refractivity contribution in [1.29, 1.82) is 0 Å². The van der Waals surface area contributed by atoms with Crippen LogP contribution in [0.25, 0.3) is 0 Å². The van der Waals surface area contributed by atoms with E-state index in [1.54, 1.807) is 24.3 Å². The molecule has 1 fully saturated rings. The van der Waals surface area contributed by atoms with Crippen molar-refractivity contribution < 1.29 is 14.4 Å². The maximum atomic E-state index is 13.3. The third kappa shape index (κ3) is 5.75. The van der Waals surface area contributed by atoms with Crippen molar-refractivity contribution in [2.24, 2.45) is 5.92 Å². The maximum absolute atomic E-state index is 13.3. The van der Waals surface area contributed by atoms with E-state index >= 15 is 0 Å². The second-order valence-corrected chi connectivity index (χ2v) is 8.61. The van der Waals surface area contributed by atoms with Gasteiger partial charge in [0.15, 0.2) is 0 Å². The predicted octanol–water partition coefficient (Wildman–Crippen LogP) is 4.44. The number of anilines is 1. The average Bonchev–Trinajstić information content (AvgIpc) is 2.83. The molecule has 1 heterocycles. The van der Waals surface area contributed by atoms with Gasteiger partial charge in [-0.3, -0.25) is 14.4 Å². The predicted molar refractivity (Wildman–Crippen MR) is 127 cm³/mol. The zero-order chi connectivity index (χ0) is 23.1. The summed E-state index contributed by atoms with van der Waals surface area (Å²) in [5, 5.41) is 2.85. The van der Waals surface area contributed by atoms with Crippen molar-refractivity contribution in [2.75, 3.05) is 25.0 Å². The van der Waals surface area contributed by atoms with E-state index in [9.17, 15) is 14.4 Å². The van der Waals surface area contributed by atoms with E-state index in [2.05, 4.69) is 12.2 Å². The molecule has 1 aliphatic heterocycles. The Balaban J connectivity index is 1.63. The molecule has 32 heavy (non-hydrogen) atoms. The lowest BCUT2D eigenvalue weighted by Crippen LogP contribution is -2.49. The smallest absolute Gasteiger partial charge is 0.254 e. The number of rotatable bonds is 7. The zero-order valence-corrected chi connectivity index (χ0v) is 19.2. The molecule has 2 aromatic carbocycles. The number of nitrogens with one attached hydrogen (secondary N) is 1. The first kappa shape index (κ1) is 23.5. The SMILES string of the molecule is CCCN(C(=O)c1ccc(NC(=O)C(C)C)cc1)C1CCN(C(=O)c2ccccc2)CC1. The van der Waals surface area contributed by atoms with E-state index in [1.807, 2.05) is 54.0 Å². The van der Waals surface area contributed by atoms with Gasteiger partial charge >= 0.3 is 0 Å². The molecule has 170 valence electrons. The van der Waals surface area contributed by atoms with Crippen molar-refractivity contribution in [1.82, 2.24) is 9.80 Å². The van der Waals surface area contributed by atoms with Crippen LogP contribution in [0.1, 0.15) is 60.7 Å². The van der Waals surface area contributed by atoms with Gasteiger partial charge in [-0.15, -0.1) is 0 Å². The minimum absolute atomic E-state index is 0.00132. The van der Waals surface area contributed by atoms with Crippen LogP contribution in [0, 0.1) is 5.92 Å². The van der Waals surface area contributed by atoms with Gasteiger partial charge in [0.05, 0.1) is 0 Å². The Morgan fingerprint density at radius 2 is 1.59 bits per heavy atom. The molecule has 1 saturated heterocycles. The Morgan fingerprint density at radius 3 is 2.16 bits per heavy atom. The Bertz CT molecular complexity index is 917. The summed E-state index contributed by atoms with van der Waals surface area (Å²) < 4.78 is 0. The summed E-state index contributed by atoms with van der Waals surface area (Å²) in [5.74, 6) is -0.0950. The molecule has 0 radical (unpaired) electrons. The number of hydrogen-bond acceptors (Lipinski definition) is 3. The lowest BCUT2D eigenvalue weighted by molar-refractivity contribution is -0.118. The number of carbonyl (C=O) groups is 3. The Kier molecular flexibility index (Phi) is 8.03. The molecule has 6 nitrogen and oxygen atoms in total. The standard InChI is InChI=1S/C26H33N3O3/c1-4-16-29(26(32)21-10-12-22(13-11-21)27-24(30)19(2)3)23-14-17-28(18-15-23)25(31)20-8-6-5-7-9-20/h5-13,19,23H,4,14-18H2,1-3H3,(H,27,30). The van der Waals surface area contributed by atoms with Gasteiger partial charge in [-0.2, -0.15) is 0 Å². The van der Waals surface area contributed by atoms with Crippen LogP contribution in [0.5, 0.6) is 0 Å². The fourth-order valence-corrected chi connectivity index (χ4v) is 3.98.